The van der Waals surface area contributed by atoms with E-state index in [4.69, 9.17) is 16.3 Å². The van der Waals surface area contributed by atoms with Gasteiger partial charge in [0.25, 0.3) is 0 Å². The second kappa shape index (κ2) is 6.01. The van der Waals surface area contributed by atoms with Crippen LogP contribution >= 0.6 is 11.6 Å². The van der Waals surface area contributed by atoms with Crippen LogP contribution in [-0.4, -0.2) is 45.7 Å². The number of rotatable bonds is 3. The second-order valence-electron chi connectivity index (χ2n) is 7.83. The van der Waals surface area contributed by atoms with Crippen LogP contribution in [0.4, 0.5) is 14.7 Å². The van der Waals surface area contributed by atoms with Crippen LogP contribution in [0.5, 0.6) is 0 Å². The monoisotopic (exact) mass is 393 g/mol. The van der Waals surface area contributed by atoms with E-state index in [1.54, 1.807) is 4.52 Å². The van der Waals surface area contributed by atoms with Gasteiger partial charge < -0.3 is 10.1 Å². The minimum Gasteiger partial charge on any atom is -0.378 e. The van der Waals surface area contributed by atoms with Gasteiger partial charge in [0, 0.05) is 12.5 Å². The summed E-state index contributed by atoms with van der Waals surface area (Å²) in [5.41, 5.74) is 0.359. The lowest BCUT2D eigenvalue weighted by Crippen LogP contribution is -2.39. The Balaban J connectivity index is 1.55. The largest absolute Gasteiger partial charge is 0.378 e. The Hall–Kier alpha value is -1.98. The number of aromatic nitrogens is 3. The molecular formula is C18H18ClF2N5O. The van der Waals surface area contributed by atoms with Gasteiger partial charge in [-0.2, -0.15) is 5.26 Å². The third-order valence-electron chi connectivity index (χ3n) is 6.14. The quantitative estimate of drug-likeness (QED) is 0.865. The number of nitrogens with one attached hydrogen (secondary N) is 1. The highest BCUT2D eigenvalue weighted by Crippen LogP contribution is 2.62. The maximum atomic E-state index is 14.5. The zero-order valence-electron chi connectivity index (χ0n) is 14.5. The molecule has 3 aliphatic carbocycles. The van der Waals surface area contributed by atoms with E-state index in [2.05, 4.69) is 21.5 Å². The first-order valence-corrected chi connectivity index (χ1v) is 9.51. The average Bonchev–Trinajstić information content (AvgIpc) is 3.22. The topological polar surface area (TPSA) is 75.2 Å². The summed E-state index contributed by atoms with van der Waals surface area (Å²) in [5, 5.41) is 17.4. The number of nitrogens with zero attached hydrogens (tertiary/aromatic N) is 4. The Bertz CT molecular complexity index is 951. The summed E-state index contributed by atoms with van der Waals surface area (Å²) in [4.78, 5) is 4.24. The number of nitriles is 1. The van der Waals surface area contributed by atoms with E-state index in [0.717, 1.165) is 0 Å². The maximum absolute atomic E-state index is 14.5. The molecule has 0 spiro atoms. The van der Waals surface area contributed by atoms with E-state index >= 15 is 0 Å². The van der Waals surface area contributed by atoms with Gasteiger partial charge in [0.1, 0.15) is 23.4 Å². The normalized spacial score (nSPS) is 35.0. The zero-order valence-corrected chi connectivity index (χ0v) is 15.2. The Morgan fingerprint density at radius 1 is 1.41 bits per heavy atom. The molecule has 27 heavy (non-hydrogen) atoms. The number of ether oxygens (including phenoxy) is 1. The first kappa shape index (κ1) is 17.1. The minimum absolute atomic E-state index is 0.0431. The molecule has 1 unspecified atom stereocenters. The van der Waals surface area contributed by atoms with Gasteiger partial charge in [0.15, 0.2) is 0 Å². The summed E-state index contributed by atoms with van der Waals surface area (Å²) in [7, 11) is 0. The highest BCUT2D eigenvalue weighted by molar-refractivity contribution is 6.35. The Kier molecular flexibility index (Phi) is 3.82. The zero-order chi connectivity index (χ0) is 18.8. The fourth-order valence-corrected chi connectivity index (χ4v) is 5.06. The van der Waals surface area contributed by atoms with Gasteiger partial charge in [-0.3, -0.25) is 0 Å². The molecule has 6 nitrogen and oxygen atoms in total. The Morgan fingerprint density at radius 2 is 2.22 bits per heavy atom. The van der Waals surface area contributed by atoms with Crippen LogP contribution in [0, 0.1) is 17.2 Å². The van der Waals surface area contributed by atoms with Gasteiger partial charge in [0.2, 0.25) is 5.95 Å². The van der Waals surface area contributed by atoms with Crippen LogP contribution in [0.15, 0.2) is 6.20 Å². The molecule has 2 aromatic rings. The molecule has 6 rings (SSSR count). The first-order valence-electron chi connectivity index (χ1n) is 9.13. The van der Waals surface area contributed by atoms with E-state index in [0.29, 0.717) is 49.1 Å². The molecule has 0 radical (unpaired) electrons. The lowest BCUT2D eigenvalue weighted by molar-refractivity contribution is 0.0284. The molecule has 9 heteroatoms. The summed E-state index contributed by atoms with van der Waals surface area (Å²) in [6, 6.07) is 1.71. The second-order valence-corrected chi connectivity index (χ2v) is 8.20. The number of hydrogen-bond donors (Lipinski definition) is 1. The van der Waals surface area contributed by atoms with Crippen LogP contribution in [0.1, 0.15) is 42.9 Å². The fourth-order valence-electron chi connectivity index (χ4n) is 4.79. The van der Waals surface area contributed by atoms with Crippen LogP contribution in [0.3, 0.4) is 0 Å². The standard InChI is InChI=1S/C18H18ClF2N5O/c19-15-11(6-22)16(10-5-18(21)3-9(10)4-18)26-14(15)7-23-17(25-26)24-13-1-2-27-8-12(13)20/h7,9-10,12-13H,1-5,8H2,(H,24,25)/t9?,10?,12-,13-,18?/m1/s1. The van der Waals surface area contributed by atoms with Gasteiger partial charge in [0.05, 0.1) is 35.1 Å². The van der Waals surface area contributed by atoms with Gasteiger partial charge in [-0.1, -0.05) is 11.6 Å². The summed E-state index contributed by atoms with van der Waals surface area (Å²) >= 11 is 6.39. The molecule has 1 saturated heterocycles. The smallest absolute Gasteiger partial charge is 0.241 e. The van der Waals surface area contributed by atoms with Crippen molar-refractivity contribution in [1.82, 2.24) is 14.6 Å². The SMILES string of the molecule is N#Cc1c(Cl)c2cnc(N[C@@H]3CCOC[C@H]3F)nn2c1C1CC2(F)CC1C2. The van der Waals surface area contributed by atoms with Crippen molar-refractivity contribution in [2.75, 3.05) is 18.5 Å². The minimum atomic E-state index is -1.14. The first-order chi connectivity index (χ1) is 13.0. The molecule has 1 aliphatic heterocycles. The third kappa shape index (κ3) is 2.59. The van der Waals surface area contributed by atoms with Gasteiger partial charge in [-0.05, 0) is 31.6 Å². The summed E-state index contributed by atoms with van der Waals surface area (Å²) < 4.78 is 35.2. The molecule has 1 N–H and O–H groups in total. The molecule has 4 fully saturated rings. The lowest BCUT2D eigenvalue weighted by Gasteiger charge is -2.30. The molecular weight excluding hydrogens is 376 g/mol. The van der Waals surface area contributed by atoms with Gasteiger partial charge >= 0.3 is 0 Å². The van der Waals surface area contributed by atoms with E-state index in [1.165, 1.54) is 6.20 Å². The number of hydrogen-bond acceptors (Lipinski definition) is 5. The number of fused-ring (bicyclic) bond motifs is 2. The van der Waals surface area contributed by atoms with Gasteiger partial charge in [-0.15, -0.1) is 5.10 Å². The summed E-state index contributed by atoms with van der Waals surface area (Å²) in [5.74, 6) is 0.368. The molecule has 142 valence electrons. The van der Waals surface area contributed by atoms with E-state index < -0.39 is 17.9 Å². The lowest BCUT2D eigenvalue weighted by atomic mass is 9.79. The van der Waals surface area contributed by atoms with Crippen LogP contribution in [-0.2, 0) is 4.74 Å². The average molecular weight is 394 g/mol. The predicted molar refractivity (Wildman–Crippen MR) is 94.4 cm³/mol. The van der Waals surface area contributed by atoms with E-state index in [9.17, 15) is 14.0 Å². The van der Waals surface area contributed by atoms with Crippen LogP contribution in [0.25, 0.3) is 5.52 Å². The van der Waals surface area contributed by atoms with Gasteiger partial charge in [-0.25, -0.2) is 18.3 Å². The van der Waals surface area contributed by atoms with E-state index in [-0.39, 0.29) is 29.4 Å². The summed E-state index contributed by atoms with van der Waals surface area (Å²) in [6.07, 6.45) is 2.33. The molecule has 2 bridgehead atoms. The molecule has 4 aliphatic rings. The van der Waals surface area contributed by atoms with Crippen molar-refractivity contribution in [1.29, 1.82) is 5.26 Å². The summed E-state index contributed by atoms with van der Waals surface area (Å²) in [6.45, 7) is 0.517. The van der Waals surface area contributed by atoms with Crippen molar-refractivity contribution in [3.8, 4) is 6.07 Å². The predicted octanol–water partition coefficient (Wildman–Crippen LogP) is 3.40. The molecule has 0 aromatic carbocycles. The maximum Gasteiger partial charge on any atom is 0.241 e. The Morgan fingerprint density at radius 3 is 2.89 bits per heavy atom. The van der Waals surface area contributed by atoms with Crippen molar-refractivity contribution in [2.45, 2.75) is 49.5 Å². The molecule has 3 heterocycles. The number of alkyl halides is 2. The third-order valence-corrected chi connectivity index (χ3v) is 6.52. The molecule has 0 amide bonds. The van der Waals surface area contributed by atoms with E-state index in [1.807, 2.05) is 0 Å². The van der Waals surface area contributed by atoms with Crippen molar-refractivity contribution >= 4 is 23.1 Å². The number of halogens is 3. The molecule has 3 atom stereocenters. The Labute approximate surface area is 159 Å². The van der Waals surface area contributed by atoms with Crippen LogP contribution < -0.4 is 5.32 Å². The highest BCUT2D eigenvalue weighted by Gasteiger charge is 2.58. The van der Waals surface area contributed by atoms with Crippen molar-refractivity contribution in [3.63, 3.8) is 0 Å². The van der Waals surface area contributed by atoms with Crippen LogP contribution in [0.2, 0.25) is 5.02 Å². The van der Waals surface area contributed by atoms with Crippen molar-refractivity contribution in [2.24, 2.45) is 5.92 Å². The molecule has 2 aromatic heterocycles. The fraction of sp³-hybridized carbons (Fsp3) is 0.611. The number of anilines is 1. The van der Waals surface area contributed by atoms with Crippen molar-refractivity contribution in [3.05, 3.63) is 22.5 Å². The molecule has 3 saturated carbocycles. The van der Waals surface area contributed by atoms with Crippen molar-refractivity contribution < 1.29 is 13.5 Å². The highest BCUT2D eigenvalue weighted by atomic mass is 35.5.